The van der Waals surface area contributed by atoms with Gasteiger partial charge in [-0.3, -0.25) is 4.90 Å². The highest BCUT2D eigenvalue weighted by Crippen LogP contribution is 2.16. The minimum Gasteiger partial charge on any atom is -0.384 e. The molecule has 0 heterocycles. The van der Waals surface area contributed by atoms with E-state index in [0.717, 1.165) is 38.1 Å². The Morgan fingerprint density at radius 1 is 1.24 bits per heavy atom. The number of hydrogen-bond donors (Lipinski definition) is 1. The molecule has 1 aromatic carbocycles. The van der Waals surface area contributed by atoms with Crippen LogP contribution in [0.3, 0.4) is 0 Å². The van der Waals surface area contributed by atoms with Crippen molar-refractivity contribution in [3.8, 4) is 11.8 Å². The zero-order valence-corrected chi connectivity index (χ0v) is 13.4. The third kappa shape index (κ3) is 5.89. The molecule has 0 spiro atoms. The molecule has 1 rings (SSSR count). The molecule has 21 heavy (non-hydrogen) atoms. The Bertz CT molecular complexity index is 458. The molecule has 0 saturated carbocycles. The average Bonchev–Trinajstić information content (AvgIpc) is 2.52. The maximum Gasteiger partial charge on any atom is 0.104 e. The van der Waals surface area contributed by atoms with E-state index < -0.39 is 0 Å². The first kappa shape index (κ1) is 17.7. The van der Waals surface area contributed by atoms with Crippen LogP contribution in [0, 0.1) is 11.8 Å². The highest BCUT2D eigenvalue weighted by Gasteiger charge is 2.16. The molecule has 1 aromatic rings. The van der Waals surface area contributed by atoms with Crippen LogP contribution < -0.4 is 0 Å². The SMILES string of the molecule is CCC(CC)N(CCOC)Cc1ccccc1C#CCO. The van der Waals surface area contributed by atoms with Crippen molar-refractivity contribution in [3.05, 3.63) is 35.4 Å². The van der Waals surface area contributed by atoms with Crippen LogP contribution in [0.4, 0.5) is 0 Å². The summed E-state index contributed by atoms with van der Waals surface area (Å²) in [6, 6.07) is 8.71. The maximum absolute atomic E-state index is 8.88. The van der Waals surface area contributed by atoms with Gasteiger partial charge in [0.15, 0.2) is 0 Å². The van der Waals surface area contributed by atoms with E-state index in [1.807, 2.05) is 18.2 Å². The van der Waals surface area contributed by atoms with Crippen LogP contribution in [-0.2, 0) is 11.3 Å². The number of benzene rings is 1. The molecule has 0 bridgehead atoms. The van der Waals surface area contributed by atoms with E-state index in [1.54, 1.807) is 7.11 Å². The zero-order chi connectivity index (χ0) is 15.5. The minimum atomic E-state index is -0.103. The number of nitrogens with zero attached hydrogens (tertiary/aromatic N) is 1. The van der Waals surface area contributed by atoms with Gasteiger partial charge >= 0.3 is 0 Å². The predicted molar refractivity (Wildman–Crippen MR) is 87.1 cm³/mol. The number of hydrogen-bond acceptors (Lipinski definition) is 3. The molecule has 0 aromatic heterocycles. The Morgan fingerprint density at radius 3 is 2.57 bits per heavy atom. The number of aliphatic hydroxyl groups is 1. The van der Waals surface area contributed by atoms with Gasteiger partial charge in [-0.05, 0) is 24.5 Å². The fourth-order valence-corrected chi connectivity index (χ4v) is 2.54. The van der Waals surface area contributed by atoms with Crippen LogP contribution in [0.5, 0.6) is 0 Å². The van der Waals surface area contributed by atoms with Gasteiger partial charge in [0, 0.05) is 31.8 Å². The van der Waals surface area contributed by atoms with Crippen molar-refractivity contribution in [3.63, 3.8) is 0 Å². The number of rotatable bonds is 8. The monoisotopic (exact) mass is 289 g/mol. The van der Waals surface area contributed by atoms with Crippen molar-refractivity contribution < 1.29 is 9.84 Å². The fraction of sp³-hybridized carbons (Fsp3) is 0.556. The third-order valence-electron chi connectivity index (χ3n) is 3.73. The zero-order valence-electron chi connectivity index (χ0n) is 13.4. The predicted octanol–water partition coefficient (Wildman–Crippen LogP) is 2.67. The molecular formula is C18H27NO2. The van der Waals surface area contributed by atoms with Crippen LogP contribution in [0.25, 0.3) is 0 Å². The van der Waals surface area contributed by atoms with E-state index in [4.69, 9.17) is 9.84 Å². The van der Waals surface area contributed by atoms with Crippen molar-refractivity contribution in [1.82, 2.24) is 4.90 Å². The Balaban J connectivity index is 2.91. The summed E-state index contributed by atoms with van der Waals surface area (Å²) >= 11 is 0. The standard InChI is InChI=1S/C18H27NO2/c1-4-18(5-2)19(12-14-21-3)15-17-10-7-6-9-16(17)11-8-13-20/h6-7,9-10,18,20H,4-5,12-15H2,1-3H3. The van der Waals surface area contributed by atoms with Gasteiger partial charge in [0.1, 0.15) is 6.61 Å². The van der Waals surface area contributed by atoms with Gasteiger partial charge in [-0.2, -0.15) is 0 Å². The molecule has 0 aliphatic heterocycles. The van der Waals surface area contributed by atoms with Gasteiger partial charge in [0.2, 0.25) is 0 Å². The summed E-state index contributed by atoms with van der Waals surface area (Å²) in [5, 5.41) is 8.88. The summed E-state index contributed by atoms with van der Waals surface area (Å²) in [6.45, 7) is 6.88. The number of aliphatic hydroxyl groups excluding tert-OH is 1. The second kappa shape index (κ2) is 10.4. The normalized spacial score (nSPS) is 10.8. The van der Waals surface area contributed by atoms with Crippen LogP contribution in [0.2, 0.25) is 0 Å². The summed E-state index contributed by atoms with van der Waals surface area (Å²) in [6.07, 6.45) is 2.26. The highest BCUT2D eigenvalue weighted by molar-refractivity contribution is 5.41. The fourth-order valence-electron chi connectivity index (χ4n) is 2.54. The first-order valence-corrected chi connectivity index (χ1v) is 7.67. The van der Waals surface area contributed by atoms with Crippen molar-refractivity contribution in [1.29, 1.82) is 0 Å². The molecular weight excluding hydrogens is 262 g/mol. The number of methoxy groups -OCH3 is 1. The van der Waals surface area contributed by atoms with Gasteiger partial charge in [0.05, 0.1) is 6.61 Å². The van der Waals surface area contributed by atoms with E-state index >= 15 is 0 Å². The van der Waals surface area contributed by atoms with Crippen LogP contribution in [0.1, 0.15) is 37.8 Å². The Labute approximate surface area is 128 Å². The van der Waals surface area contributed by atoms with E-state index in [0.29, 0.717) is 6.04 Å². The lowest BCUT2D eigenvalue weighted by Crippen LogP contribution is -2.36. The summed E-state index contributed by atoms with van der Waals surface area (Å²) in [5.74, 6) is 5.78. The molecule has 1 N–H and O–H groups in total. The molecule has 3 heteroatoms. The third-order valence-corrected chi connectivity index (χ3v) is 3.73. The molecule has 0 unspecified atom stereocenters. The highest BCUT2D eigenvalue weighted by atomic mass is 16.5. The topological polar surface area (TPSA) is 32.7 Å². The lowest BCUT2D eigenvalue weighted by Gasteiger charge is -2.30. The average molecular weight is 289 g/mol. The lowest BCUT2D eigenvalue weighted by molar-refractivity contribution is 0.110. The summed E-state index contributed by atoms with van der Waals surface area (Å²) < 4.78 is 5.24. The van der Waals surface area contributed by atoms with Gasteiger partial charge < -0.3 is 9.84 Å². The van der Waals surface area contributed by atoms with Gasteiger partial charge in [-0.15, -0.1) is 0 Å². The van der Waals surface area contributed by atoms with E-state index in [9.17, 15) is 0 Å². The van der Waals surface area contributed by atoms with E-state index in [-0.39, 0.29) is 6.61 Å². The van der Waals surface area contributed by atoms with Gasteiger partial charge in [-0.1, -0.05) is 43.9 Å². The maximum atomic E-state index is 8.88. The van der Waals surface area contributed by atoms with Crippen molar-refractivity contribution in [2.75, 3.05) is 26.9 Å². The Kier molecular flexibility index (Phi) is 8.77. The smallest absolute Gasteiger partial charge is 0.104 e. The molecule has 116 valence electrons. The second-order valence-electron chi connectivity index (χ2n) is 5.05. The molecule has 3 nitrogen and oxygen atoms in total. The lowest BCUT2D eigenvalue weighted by atomic mass is 10.0. The quantitative estimate of drug-likeness (QED) is 0.747. The van der Waals surface area contributed by atoms with Crippen LogP contribution in [0.15, 0.2) is 24.3 Å². The number of ether oxygens (including phenoxy) is 1. The summed E-state index contributed by atoms with van der Waals surface area (Å²) in [4.78, 5) is 2.46. The molecule has 0 atom stereocenters. The first-order valence-electron chi connectivity index (χ1n) is 7.67. The first-order chi connectivity index (χ1) is 10.3. The van der Waals surface area contributed by atoms with Crippen molar-refractivity contribution in [2.45, 2.75) is 39.3 Å². The molecule has 0 fully saturated rings. The molecule has 0 aliphatic rings. The molecule has 0 aliphatic carbocycles. The van der Waals surface area contributed by atoms with Crippen molar-refractivity contribution >= 4 is 0 Å². The van der Waals surface area contributed by atoms with Crippen LogP contribution >= 0.6 is 0 Å². The van der Waals surface area contributed by atoms with Gasteiger partial charge in [0.25, 0.3) is 0 Å². The molecule has 0 amide bonds. The Morgan fingerprint density at radius 2 is 1.95 bits per heavy atom. The van der Waals surface area contributed by atoms with Crippen LogP contribution in [-0.4, -0.2) is 42.9 Å². The minimum absolute atomic E-state index is 0.103. The summed E-state index contributed by atoms with van der Waals surface area (Å²) in [5.41, 5.74) is 2.21. The van der Waals surface area contributed by atoms with E-state index in [1.165, 1.54) is 5.56 Å². The molecule has 0 radical (unpaired) electrons. The van der Waals surface area contributed by atoms with E-state index in [2.05, 4.69) is 36.7 Å². The second-order valence-corrected chi connectivity index (χ2v) is 5.05. The molecule has 0 saturated heterocycles. The summed E-state index contributed by atoms with van der Waals surface area (Å²) in [7, 11) is 1.74. The Hall–Kier alpha value is -1.34. The largest absolute Gasteiger partial charge is 0.384 e. The van der Waals surface area contributed by atoms with Gasteiger partial charge in [-0.25, -0.2) is 0 Å². The van der Waals surface area contributed by atoms with Crippen molar-refractivity contribution in [2.24, 2.45) is 0 Å².